The molecular formula is C8H7NO. The molecule has 0 aromatic rings. The maximum absolute atomic E-state index is 5.07. The Kier molecular flexibility index (Phi) is 1.17. The predicted octanol–water partition coefficient (Wildman–Crippen LogP) is 1.43. The molecule has 50 valence electrons. The second-order valence-electron chi connectivity index (χ2n) is 2.16. The highest BCUT2D eigenvalue weighted by atomic mass is 16.5. The third-order valence-electron chi connectivity index (χ3n) is 1.50. The molecule has 0 fully saturated rings. The van der Waals surface area contributed by atoms with Crippen LogP contribution in [0.25, 0.3) is 0 Å². The Morgan fingerprint density at radius 1 is 1.40 bits per heavy atom. The van der Waals surface area contributed by atoms with E-state index in [1.54, 1.807) is 6.26 Å². The number of ether oxygens (including phenoxy) is 1. The Morgan fingerprint density at radius 3 is 3.40 bits per heavy atom. The topological polar surface area (TPSA) is 21.6 Å². The number of aliphatic imine (C=N–C) groups is 1. The lowest BCUT2D eigenvalue weighted by molar-refractivity contribution is 0.291. The lowest BCUT2D eigenvalue weighted by Crippen LogP contribution is -1.83. The highest BCUT2D eigenvalue weighted by Crippen LogP contribution is 2.17. The Hall–Kier alpha value is -1.31. The summed E-state index contributed by atoms with van der Waals surface area (Å²) in [6, 6.07) is 0. The summed E-state index contributed by atoms with van der Waals surface area (Å²) in [7, 11) is 0. The molecule has 0 atom stereocenters. The SMILES string of the molecule is C1=CC2=CN=CC2=CCO1. The second kappa shape index (κ2) is 2.14. The zero-order valence-corrected chi connectivity index (χ0v) is 5.45. The van der Waals surface area contributed by atoms with Gasteiger partial charge in [-0.05, 0) is 12.2 Å². The van der Waals surface area contributed by atoms with Gasteiger partial charge in [-0.2, -0.15) is 0 Å². The third kappa shape index (κ3) is 0.778. The lowest BCUT2D eigenvalue weighted by Gasteiger charge is -1.89. The minimum Gasteiger partial charge on any atom is -0.497 e. The second-order valence-corrected chi connectivity index (χ2v) is 2.16. The molecule has 0 unspecified atom stereocenters. The van der Waals surface area contributed by atoms with Crippen molar-refractivity contribution in [2.75, 3.05) is 6.61 Å². The van der Waals surface area contributed by atoms with Gasteiger partial charge in [-0.15, -0.1) is 0 Å². The maximum atomic E-state index is 5.07. The molecule has 2 aliphatic rings. The molecule has 0 aromatic carbocycles. The molecule has 0 aromatic heterocycles. The van der Waals surface area contributed by atoms with Crippen molar-refractivity contribution >= 4 is 6.21 Å². The molecular weight excluding hydrogens is 126 g/mol. The third-order valence-corrected chi connectivity index (χ3v) is 1.50. The lowest BCUT2D eigenvalue weighted by atomic mass is 10.1. The van der Waals surface area contributed by atoms with Crippen molar-refractivity contribution in [2.45, 2.75) is 0 Å². The summed E-state index contributed by atoms with van der Waals surface area (Å²) < 4.78 is 5.07. The van der Waals surface area contributed by atoms with Gasteiger partial charge in [0.1, 0.15) is 6.61 Å². The quantitative estimate of drug-likeness (QED) is 0.489. The summed E-state index contributed by atoms with van der Waals surface area (Å²) in [5, 5.41) is 0. The van der Waals surface area contributed by atoms with Gasteiger partial charge in [0.15, 0.2) is 0 Å². The van der Waals surface area contributed by atoms with E-state index in [1.165, 1.54) is 0 Å². The van der Waals surface area contributed by atoms with E-state index in [2.05, 4.69) is 4.99 Å². The number of hydrogen-bond donors (Lipinski definition) is 0. The van der Waals surface area contributed by atoms with Gasteiger partial charge in [-0.3, -0.25) is 4.99 Å². The summed E-state index contributed by atoms with van der Waals surface area (Å²) >= 11 is 0. The molecule has 2 nitrogen and oxygen atoms in total. The van der Waals surface area contributed by atoms with Gasteiger partial charge in [-0.25, -0.2) is 0 Å². The summed E-state index contributed by atoms with van der Waals surface area (Å²) in [6.07, 6.45) is 9.31. The first-order chi connectivity index (χ1) is 4.97. The average Bonchev–Trinajstić information content (AvgIpc) is 2.28. The first-order valence-electron chi connectivity index (χ1n) is 3.19. The van der Waals surface area contributed by atoms with Crippen LogP contribution in [0.4, 0.5) is 0 Å². The molecule has 0 amide bonds. The van der Waals surface area contributed by atoms with Crippen LogP contribution >= 0.6 is 0 Å². The van der Waals surface area contributed by atoms with Crippen LogP contribution < -0.4 is 0 Å². The Balaban J connectivity index is 2.40. The normalized spacial score (nSPS) is 20.8. The van der Waals surface area contributed by atoms with E-state index in [9.17, 15) is 0 Å². The predicted molar refractivity (Wildman–Crippen MR) is 39.8 cm³/mol. The van der Waals surface area contributed by atoms with E-state index in [0.717, 1.165) is 11.1 Å². The molecule has 0 saturated heterocycles. The van der Waals surface area contributed by atoms with Crippen LogP contribution in [-0.2, 0) is 4.74 Å². The van der Waals surface area contributed by atoms with Crippen molar-refractivity contribution in [3.05, 3.63) is 35.8 Å². The molecule has 0 saturated carbocycles. The van der Waals surface area contributed by atoms with Gasteiger partial charge in [0.25, 0.3) is 0 Å². The van der Waals surface area contributed by atoms with Crippen LogP contribution in [0.15, 0.2) is 40.8 Å². The van der Waals surface area contributed by atoms with Crippen LogP contribution in [0.1, 0.15) is 0 Å². The van der Waals surface area contributed by atoms with E-state index in [0.29, 0.717) is 6.61 Å². The van der Waals surface area contributed by atoms with Crippen molar-refractivity contribution in [3.8, 4) is 0 Å². The minimum absolute atomic E-state index is 0.648. The highest BCUT2D eigenvalue weighted by Gasteiger charge is 2.05. The molecule has 2 aliphatic heterocycles. The number of hydrogen-bond acceptors (Lipinski definition) is 2. The summed E-state index contributed by atoms with van der Waals surface area (Å²) in [5.74, 6) is 0. The fourth-order valence-electron chi connectivity index (χ4n) is 0.972. The maximum Gasteiger partial charge on any atom is 0.106 e. The number of rotatable bonds is 0. The largest absolute Gasteiger partial charge is 0.497 e. The standard InChI is InChI=1S/C8H7NO/c1-3-10-4-2-8-6-9-5-7(1)8/h1-3,5-6H,4H2. The molecule has 0 spiro atoms. The van der Waals surface area contributed by atoms with Crippen LogP contribution in [0.5, 0.6) is 0 Å². The minimum atomic E-state index is 0.648. The summed E-state index contributed by atoms with van der Waals surface area (Å²) in [4.78, 5) is 4.01. The van der Waals surface area contributed by atoms with Crippen LogP contribution in [-0.4, -0.2) is 12.8 Å². The van der Waals surface area contributed by atoms with Crippen molar-refractivity contribution in [1.82, 2.24) is 0 Å². The van der Waals surface area contributed by atoms with Crippen LogP contribution in [0.3, 0.4) is 0 Å². The van der Waals surface area contributed by atoms with Crippen molar-refractivity contribution < 1.29 is 4.74 Å². The Bertz CT molecular complexity index is 258. The molecule has 0 radical (unpaired) electrons. The fourth-order valence-corrected chi connectivity index (χ4v) is 0.972. The van der Waals surface area contributed by atoms with Crippen LogP contribution in [0, 0.1) is 0 Å². The molecule has 0 bridgehead atoms. The number of fused-ring (bicyclic) bond motifs is 1. The van der Waals surface area contributed by atoms with Gasteiger partial charge in [0.2, 0.25) is 0 Å². The average molecular weight is 133 g/mol. The van der Waals surface area contributed by atoms with Crippen molar-refractivity contribution in [2.24, 2.45) is 4.99 Å². The summed E-state index contributed by atoms with van der Waals surface area (Å²) in [6.45, 7) is 0.648. The smallest absolute Gasteiger partial charge is 0.106 e. The van der Waals surface area contributed by atoms with Gasteiger partial charge in [0.05, 0.1) is 6.26 Å². The molecule has 2 heterocycles. The monoisotopic (exact) mass is 133 g/mol. The van der Waals surface area contributed by atoms with E-state index >= 15 is 0 Å². The van der Waals surface area contributed by atoms with E-state index in [4.69, 9.17) is 4.74 Å². The van der Waals surface area contributed by atoms with Gasteiger partial charge in [0, 0.05) is 23.6 Å². The first kappa shape index (κ1) is 5.47. The first-order valence-corrected chi connectivity index (χ1v) is 3.19. The zero-order chi connectivity index (χ0) is 6.81. The highest BCUT2D eigenvalue weighted by molar-refractivity contribution is 5.89. The summed E-state index contributed by atoms with van der Waals surface area (Å²) in [5.41, 5.74) is 2.30. The van der Waals surface area contributed by atoms with Crippen molar-refractivity contribution in [3.63, 3.8) is 0 Å². The van der Waals surface area contributed by atoms with Crippen molar-refractivity contribution in [1.29, 1.82) is 0 Å². The van der Waals surface area contributed by atoms with E-state index < -0.39 is 0 Å². The Morgan fingerprint density at radius 2 is 2.40 bits per heavy atom. The number of nitrogens with zero attached hydrogens (tertiary/aromatic N) is 1. The molecule has 0 N–H and O–H groups in total. The zero-order valence-electron chi connectivity index (χ0n) is 5.45. The molecule has 10 heavy (non-hydrogen) atoms. The van der Waals surface area contributed by atoms with Crippen LogP contribution in [0.2, 0.25) is 0 Å². The molecule has 2 rings (SSSR count). The molecule has 0 aliphatic carbocycles. The van der Waals surface area contributed by atoms with Gasteiger partial charge in [-0.1, -0.05) is 0 Å². The fraction of sp³-hybridized carbons (Fsp3) is 0.125. The Labute approximate surface area is 59.2 Å². The van der Waals surface area contributed by atoms with E-state index in [-0.39, 0.29) is 0 Å². The molecule has 2 heteroatoms. The van der Waals surface area contributed by atoms with Gasteiger partial charge < -0.3 is 4.74 Å². The van der Waals surface area contributed by atoms with E-state index in [1.807, 2.05) is 24.6 Å². The van der Waals surface area contributed by atoms with Gasteiger partial charge >= 0.3 is 0 Å². The number of allylic oxidation sites excluding steroid dienone is 3.